The van der Waals surface area contributed by atoms with E-state index in [0.717, 1.165) is 30.1 Å². The molecule has 0 bridgehead atoms. The van der Waals surface area contributed by atoms with Crippen LogP contribution in [-0.4, -0.2) is 28.8 Å². The summed E-state index contributed by atoms with van der Waals surface area (Å²) in [5, 5.41) is 0.191. The molecule has 0 amide bonds. The van der Waals surface area contributed by atoms with Gasteiger partial charge in [-0.3, -0.25) is 4.21 Å². The fourth-order valence-electron chi connectivity index (χ4n) is 2.72. The third-order valence-electron chi connectivity index (χ3n) is 4.11. The molecule has 1 aromatic rings. The molecule has 4 nitrogen and oxygen atoms in total. The van der Waals surface area contributed by atoms with Crippen molar-refractivity contribution >= 4 is 17.6 Å². The third kappa shape index (κ3) is 8.96. The van der Waals surface area contributed by atoms with Crippen molar-refractivity contribution in [3.05, 3.63) is 23.8 Å². The van der Waals surface area contributed by atoms with Gasteiger partial charge in [0.05, 0.1) is 0 Å². The van der Waals surface area contributed by atoms with Crippen molar-refractivity contribution in [2.75, 3.05) is 12.5 Å². The predicted molar refractivity (Wildman–Crippen MR) is 99.2 cm³/mol. The van der Waals surface area contributed by atoms with Crippen LogP contribution in [0.25, 0.3) is 0 Å². The summed E-state index contributed by atoms with van der Waals surface area (Å²) in [6.07, 6.45) is 8.32. The number of carbonyl (C=O) groups is 1. The molecule has 0 radical (unpaired) electrons. The maximum absolute atomic E-state index is 12.3. The molecular weight excluding hydrogens is 390 g/mol. The van der Waals surface area contributed by atoms with Crippen LogP contribution >= 0.6 is 0 Å². The van der Waals surface area contributed by atoms with E-state index >= 15 is 0 Å². The van der Waals surface area contributed by atoms with Gasteiger partial charge < -0.3 is 14.3 Å². The van der Waals surface area contributed by atoms with Crippen LogP contribution < -0.4 is 9.47 Å². The van der Waals surface area contributed by atoms with E-state index in [1.807, 2.05) is 25.0 Å². The first-order chi connectivity index (χ1) is 11.7. The molecule has 1 heterocycles. The predicted octanol–water partition coefficient (Wildman–Crippen LogP) is 4.27. The fourth-order valence-corrected chi connectivity index (χ4v) is 3.99. The smallest absolute Gasteiger partial charge is 0.231 e. The SMILES string of the molecule is C=O.CCCCCCCCS(=O)C(C)Cc1ccc2c(c1)OCO2.[Zn]. The molecule has 6 heteroatoms. The Morgan fingerprint density at radius 1 is 1.08 bits per heavy atom. The van der Waals surface area contributed by atoms with E-state index in [1.165, 1.54) is 37.7 Å². The standard InChI is InChI=1S/C18H28O3S.CH2O.Zn/c1-3-4-5-6-7-8-11-22(19)15(2)12-16-9-10-17-18(13-16)21-14-20-17;1-2;/h9-10,13,15H,3-8,11-12,14H2,1-2H3;1H2;. The zero-order valence-corrected chi connectivity index (χ0v) is 19.4. The van der Waals surface area contributed by atoms with E-state index in [4.69, 9.17) is 14.3 Å². The van der Waals surface area contributed by atoms with E-state index in [1.54, 1.807) is 0 Å². The zero-order chi connectivity index (χ0) is 17.8. The van der Waals surface area contributed by atoms with E-state index in [0.29, 0.717) is 6.79 Å². The molecule has 25 heavy (non-hydrogen) atoms. The van der Waals surface area contributed by atoms with Gasteiger partial charge in [0.25, 0.3) is 0 Å². The molecule has 0 spiro atoms. The first-order valence-electron chi connectivity index (χ1n) is 8.75. The third-order valence-corrected chi connectivity index (χ3v) is 5.86. The molecule has 1 aromatic carbocycles. The summed E-state index contributed by atoms with van der Waals surface area (Å²) in [6, 6.07) is 6.01. The second kappa shape index (κ2) is 14.4. The van der Waals surface area contributed by atoms with Gasteiger partial charge in [-0.05, 0) is 30.5 Å². The summed E-state index contributed by atoms with van der Waals surface area (Å²) in [6.45, 7) is 6.61. The van der Waals surface area contributed by atoms with E-state index in [2.05, 4.69) is 13.8 Å². The maximum Gasteiger partial charge on any atom is 0.231 e. The maximum atomic E-state index is 12.3. The minimum atomic E-state index is -0.743. The quantitative estimate of drug-likeness (QED) is 0.420. The minimum absolute atomic E-state index is 0. The van der Waals surface area contributed by atoms with Gasteiger partial charge in [-0.2, -0.15) is 0 Å². The number of fused-ring (bicyclic) bond motifs is 1. The molecule has 2 rings (SSSR count). The number of hydrogen-bond acceptors (Lipinski definition) is 4. The monoisotopic (exact) mass is 418 g/mol. The van der Waals surface area contributed by atoms with E-state index in [9.17, 15) is 4.21 Å². The average Bonchev–Trinajstić information content (AvgIpc) is 3.07. The normalized spacial score (nSPS) is 14.0. The molecular formula is C19H30O4SZn. The topological polar surface area (TPSA) is 52.6 Å². The van der Waals surface area contributed by atoms with Crippen molar-refractivity contribution in [1.82, 2.24) is 0 Å². The summed E-state index contributed by atoms with van der Waals surface area (Å²) >= 11 is 0. The summed E-state index contributed by atoms with van der Waals surface area (Å²) in [4.78, 5) is 8.00. The number of rotatable bonds is 10. The van der Waals surface area contributed by atoms with Crippen molar-refractivity contribution in [3.8, 4) is 11.5 Å². The Hall–Kier alpha value is -0.737. The Kier molecular flexibility index (Phi) is 14.0. The van der Waals surface area contributed by atoms with Gasteiger partial charge in [0.2, 0.25) is 6.79 Å². The zero-order valence-electron chi connectivity index (χ0n) is 15.6. The molecule has 0 saturated carbocycles. The van der Waals surface area contributed by atoms with Gasteiger partial charge in [0, 0.05) is 41.3 Å². The Morgan fingerprint density at radius 2 is 1.72 bits per heavy atom. The Balaban J connectivity index is 0.00000185. The van der Waals surface area contributed by atoms with Crippen LogP contribution in [0.3, 0.4) is 0 Å². The van der Waals surface area contributed by atoms with Crippen molar-refractivity contribution in [1.29, 1.82) is 0 Å². The molecule has 0 aromatic heterocycles. The summed E-state index contributed by atoms with van der Waals surface area (Å²) < 4.78 is 23.0. The van der Waals surface area contributed by atoms with Crippen molar-refractivity contribution in [3.63, 3.8) is 0 Å². The molecule has 0 fully saturated rings. The van der Waals surface area contributed by atoms with Crippen molar-refractivity contribution in [2.45, 2.75) is 64.0 Å². The summed E-state index contributed by atoms with van der Waals surface area (Å²) in [7, 11) is -0.743. The molecule has 138 valence electrons. The van der Waals surface area contributed by atoms with Crippen LogP contribution in [0.4, 0.5) is 0 Å². The van der Waals surface area contributed by atoms with Gasteiger partial charge in [0.1, 0.15) is 6.79 Å². The Morgan fingerprint density at radius 3 is 2.44 bits per heavy atom. The fraction of sp³-hybridized carbons (Fsp3) is 0.632. The minimum Gasteiger partial charge on any atom is -0.454 e. The number of carbonyl (C=O) groups excluding carboxylic acids is 1. The second-order valence-electron chi connectivity index (χ2n) is 6.05. The average molecular weight is 420 g/mol. The number of benzene rings is 1. The van der Waals surface area contributed by atoms with Crippen LogP contribution in [0.1, 0.15) is 57.9 Å². The molecule has 2 atom stereocenters. The van der Waals surface area contributed by atoms with Crippen LogP contribution in [0, 0.1) is 0 Å². The van der Waals surface area contributed by atoms with Crippen LogP contribution in [0.15, 0.2) is 18.2 Å². The number of hydrogen-bond donors (Lipinski definition) is 0. The second-order valence-corrected chi connectivity index (χ2v) is 8.03. The van der Waals surface area contributed by atoms with Gasteiger partial charge in [0.15, 0.2) is 11.5 Å². The Bertz CT molecular complexity index is 510. The van der Waals surface area contributed by atoms with Crippen LogP contribution in [-0.2, 0) is 41.5 Å². The van der Waals surface area contributed by atoms with Crippen molar-refractivity contribution in [2.24, 2.45) is 0 Å². The van der Waals surface area contributed by atoms with Gasteiger partial charge in [-0.25, -0.2) is 0 Å². The van der Waals surface area contributed by atoms with E-state index < -0.39 is 10.8 Å². The molecule has 0 aliphatic carbocycles. The van der Waals surface area contributed by atoms with Crippen LogP contribution in [0.2, 0.25) is 0 Å². The number of ether oxygens (including phenoxy) is 2. The Labute approximate surface area is 167 Å². The van der Waals surface area contributed by atoms with Crippen molar-refractivity contribution < 1.29 is 38.0 Å². The molecule has 2 unspecified atom stereocenters. The van der Waals surface area contributed by atoms with Gasteiger partial charge in [-0.1, -0.05) is 52.0 Å². The summed E-state index contributed by atoms with van der Waals surface area (Å²) in [5.74, 6) is 2.45. The van der Waals surface area contributed by atoms with Gasteiger partial charge >= 0.3 is 0 Å². The molecule has 1 aliphatic rings. The van der Waals surface area contributed by atoms with E-state index in [-0.39, 0.29) is 24.7 Å². The molecule has 1 aliphatic heterocycles. The summed E-state index contributed by atoms with van der Waals surface area (Å²) in [5.41, 5.74) is 1.17. The number of unbranched alkanes of at least 4 members (excludes halogenated alkanes) is 5. The van der Waals surface area contributed by atoms with Gasteiger partial charge in [-0.15, -0.1) is 0 Å². The molecule has 0 saturated heterocycles. The largest absolute Gasteiger partial charge is 0.454 e. The van der Waals surface area contributed by atoms with Crippen LogP contribution in [0.5, 0.6) is 11.5 Å². The molecule has 0 N–H and O–H groups in total. The first kappa shape index (κ1) is 24.3. The first-order valence-corrected chi connectivity index (χ1v) is 10.1.